The standard InChI is InChI=1S/C18H19ClN2O6S/c1-25-15-9-12(16(26-2)8-11(15)19)20-18(22)17-10-21(28(3,23)24)13-6-4-5-7-14(13)27-17/h4-9,17H,10H2,1-3H3,(H,20,22)/t17-/m1/s1. The van der Waals surface area contributed by atoms with Gasteiger partial charge in [0.2, 0.25) is 10.0 Å². The molecule has 1 heterocycles. The molecule has 3 rings (SSSR count). The maximum Gasteiger partial charge on any atom is 0.267 e. The fourth-order valence-corrected chi connectivity index (χ4v) is 3.97. The minimum absolute atomic E-state index is 0.158. The minimum atomic E-state index is -3.60. The topological polar surface area (TPSA) is 94.2 Å². The van der Waals surface area contributed by atoms with Crippen molar-refractivity contribution >= 4 is 38.9 Å². The van der Waals surface area contributed by atoms with Crippen LogP contribution in [0, 0.1) is 0 Å². The molecule has 0 spiro atoms. The van der Waals surface area contributed by atoms with Crippen molar-refractivity contribution in [3.8, 4) is 17.2 Å². The molecule has 0 bridgehead atoms. The molecule has 150 valence electrons. The van der Waals surface area contributed by atoms with Gasteiger partial charge in [0, 0.05) is 12.1 Å². The Morgan fingerprint density at radius 2 is 1.89 bits per heavy atom. The average molecular weight is 427 g/mol. The summed E-state index contributed by atoms with van der Waals surface area (Å²) in [4.78, 5) is 12.8. The second-order valence-corrected chi connectivity index (χ2v) is 8.36. The van der Waals surface area contributed by atoms with Gasteiger partial charge in [-0.25, -0.2) is 8.42 Å². The van der Waals surface area contributed by atoms with Crippen molar-refractivity contribution in [3.63, 3.8) is 0 Å². The summed E-state index contributed by atoms with van der Waals surface area (Å²) in [6, 6.07) is 9.66. The van der Waals surface area contributed by atoms with Crippen molar-refractivity contribution in [2.24, 2.45) is 0 Å². The van der Waals surface area contributed by atoms with E-state index in [0.29, 0.717) is 33.6 Å². The van der Waals surface area contributed by atoms with E-state index in [4.69, 9.17) is 25.8 Å². The van der Waals surface area contributed by atoms with Crippen molar-refractivity contribution in [3.05, 3.63) is 41.4 Å². The first-order valence-electron chi connectivity index (χ1n) is 8.20. The van der Waals surface area contributed by atoms with Gasteiger partial charge in [-0.15, -0.1) is 0 Å². The first-order chi connectivity index (χ1) is 13.2. The van der Waals surface area contributed by atoms with Gasteiger partial charge >= 0.3 is 0 Å². The highest BCUT2D eigenvalue weighted by atomic mass is 35.5. The lowest BCUT2D eigenvalue weighted by Gasteiger charge is -2.33. The molecule has 0 saturated carbocycles. The van der Waals surface area contributed by atoms with Gasteiger partial charge in [0.1, 0.15) is 17.2 Å². The SMILES string of the molecule is COc1cc(NC(=O)[C@H]2CN(S(C)(=O)=O)c3ccccc3O2)c(OC)cc1Cl. The third-order valence-corrected chi connectivity index (χ3v) is 5.60. The van der Waals surface area contributed by atoms with Crippen LogP contribution in [-0.4, -0.2) is 47.4 Å². The summed E-state index contributed by atoms with van der Waals surface area (Å²) in [5, 5.41) is 3.01. The number of rotatable bonds is 5. The van der Waals surface area contributed by atoms with E-state index in [2.05, 4.69) is 5.32 Å². The number of benzene rings is 2. The third-order valence-electron chi connectivity index (χ3n) is 4.16. The number of ether oxygens (including phenoxy) is 3. The van der Waals surface area contributed by atoms with E-state index in [1.807, 2.05) is 0 Å². The summed E-state index contributed by atoms with van der Waals surface area (Å²) >= 11 is 6.08. The lowest BCUT2D eigenvalue weighted by molar-refractivity contribution is -0.122. The number of methoxy groups -OCH3 is 2. The summed E-state index contributed by atoms with van der Waals surface area (Å²) in [6.07, 6.45) is 0.0213. The molecule has 1 N–H and O–H groups in total. The van der Waals surface area contributed by atoms with Crippen LogP contribution >= 0.6 is 11.6 Å². The second-order valence-electron chi connectivity index (χ2n) is 6.04. The van der Waals surface area contributed by atoms with Crippen LogP contribution in [0.3, 0.4) is 0 Å². The fraction of sp³-hybridized carbons (Fsp3) is 0.278. The van der Waals surface area contributed by atoms with Crippen molar-refractivity contribution in [2.75, 3.05) is 36.6 Å². The molecule has 0 saturated heterocycles. The lowest BCUT2D eigenvalue weighted by atomic mass is 10.2. The Hall–Kier alpha value is -2.65. The van der Waals surface area contributed by atoms with Crippen molar-refractivity contribution in [2.45, 2.75) is 6.10 Å². The summed E-state index contributed by atoms with van der Waals surface area (Å²) in [6.45, 7) is -0.158. The summed E-state index contributed by atoms with van der Waals surface area (Å²) in [5.74, 6) is 0.451. The third kappa shape index (κ3) is 3.95. The van der Waals surface area contributed by atoms with Gasteiger partial charge in [-0.2, -0.15) is 0 Å². The van der Waals surface area contributed by atoms with Crippen LogP contribution in [0.1, 0.15) is 0 Å². The molecule has 1 atom stereocenters. The molecule has 2 aromatic rings. The van der Waals surface area contributed by atoms with Gasteiger partial charge < -0.3 is 19.5 Å². The second kappa shape index (κ2) is 7.76. The smallest absolute Gasteiger partial charge is 0.267 e. The molecular formula is C18H19ClN2O6S. The first kappa shape index (κ1) is 20.1. The molecule has 8 nitrogen and oxygen atoms in total. The predicted octanol–water partition coefficient (Wildman–Crippen LogP) is 2.52. The van der Waals surface area contributed by atoms with Crippen LogP contribution in [0.2, 0.25) is 5.02 Å². The molecule has 1 aliphatic heterocycles. The van der Waals surface area contributed by atoms with Gasteiger partial charge in [0.25, 0.3) is 5.91 Å². The number of para-hydroxylation sites is 2. The Kier molecular flexibility index (Phi) is 5.57. The number of amides is 1. The van der Waals surface area contributed by atoms with E-state index in [1.165, 1.54) is 26.4 Å². The first-order valence-corrected chi connectivity index (χ1v) is 10.4. The Bertz CT molecular complexity index is 1010. The maximum absolute atomic E-state index is 12.8. The monoisotopic (exact) mass is 426 g/mol. The largest absolute Gasteiger partial charge is 0.495 e. The number of nitrogens with zero attached hydrogens (tertiary/aromatic N) is 1. The zero-order chi connectivity index (χ0) is 20.5. The highest BCUT2D eigenvalue weighted by Gasteiger charge is 2.35. The number of fused-ring (bicyclic) bond motifs is 1. The number of sulfonamides is 1. The molecule has 1 aliphatic rings. The van der Waals surface area contributed by atoms with Crippen LogP contribution in [-0.2, 0) is 14.8 Å². The number of anilines is 2. The predicted molar refractivity (Wildman–Crippen MR) is 106 cm³/mol. The van der Waals surface area contributed by atoms with Crippen LogP contribution in [0.25, 0.3) is 0 Å². The van der Waals surface area contributed by atoms with Crippen LogP contribution in [0.5, 0.6) is 17.2 Å². The molecular weight excluding hydrogens is 408 g/mol. The van der Waals surface area contributed by atoms with E-state index in [-0.39, 0.29) is 6.54 Å². The van der Waals surface area contributed by atoms with Gasteiger partial charge in [0.15, 0.2) is 6.10 Å². The van der Waals surface area contributed by atoms with Gasteiger partial charge in [0.05, 0.1) is 43.4 Å². The zero-order valence-electron chi connectivity index (χ0n) is 15.4. The summed E-state index contributed by atoms with van der Waals surface area (Å²) in [7, 11) is -0.711. The number of hydrogen-bond acceptors (Lipinski definition) is 6. The van der Waals surface area contributed by atoms with Gasteiger partial charge in [-0.3, -0.25) is 9.10 Å². The molecule has 0 fully saturated rings. The van der Waals surface area contributed by atoms with E-state index in [9.17, 15) is 13.2 Å². The maximum atomic E-state index is 12.8. The number of nitrogens with one attached hydrogen (secondary N) is 1. The summed E-state index contributed by atoms with van der Waals surface area (Å²) < 4.78 is 41.7. The summed E-state index contributed by atoms with van der Waals surface area (Å²) in [5.41, 5.74) is 0.710. The highest BCUT2D eigenvalue weighted by molar-refractivity contribution is 7.92. The average Bonchev–Trinajstić information content (AvgIpc) is 2.67. The number of hydrogen-bond donors (Lipinski definition) is 1. The molecule has 10 heteroatoms. The van der Waals surface area contributed by atoms with Gasteiger partial charge in [-0.05, 0) is 12.1 Å². The Labute approximate surface area is 168 Å². The number of carbonyl (C=O) groups excluding carboxylic acids is 1. The quantitative estimate of drug-likeness (QED) is 0.789. The van der Waals surface area contributed by atoms with Crippen molar-refractivity contribution in [1.29, 1.82) is 0 Å². The molecule has 2 aromatic carbocycles. The number of carbonyl (C=O) groups is 1. The number of halogens is 1. The molecule has 1 amide bonds. The van der Waals surface area contributed by atoms with Crippen LogP contribution in [0.4, 0.5) is 11.4 Å². The van der Waals surface area contributed by atoms with Crippen LogP contribution < -0.4 is 23.8 Å². The van der Waals surface area contributed by atoms with Crippen molar-refractivity contribution in [1.82, 2.24) is 0 Å². The minimum Gasteiger partial charge on any atom is -0.495 e. The highest BCUT2D eigenvalue weighted by Crippen LogP contribution is 2.37. The Morgan fingerprint density at radius 3 is 2.54 bits per heavy atom. The molecule has 0 radical (unpaired) electrons. The normalized spacial score (nSPS) is 16.0. The van der Waals surface area contributed by atoms with Crippen molar-refractivity contribution < 1.29 is 27.4 Å². The lowest BCUT2D eigenvalue weighted by Crippen LogP contribution is -2.48. The van der Waals surface area contributed by atoms with E-state index >= 15 is 0 Å². The Morgan fingerprint density at radius 1 is 1.21 bits per heavy atom. The Balaban J connectivity index is 1.90. The van der Waals surface area contributed by atoms with E-state index < -0.39 is 22.0 Å². The molecule has 0 aromatic heterocycles. The van der Waals surface area contributed by atoms with Gasteiger partial charge in [-0.1, -0.05) is 23.7 Å². The fourth-order valence-electron chi connectivity index (χ4n) is 2.82. The molecule has 0 aliphatic carbocycles. The molecule has 28 heavy (non-hydrogen) atoms. The molecule has 0 unspecified atom stereocenters. The van der Waals surface area contributed by atoms with E-state index in [1.54, 1.807) is 24.3 Å². The van der Waals surface area contributed by atoms with Crippen LogP contribution in [0.15, 0.2) is 36.4 Å². The zero-order valence-corrected chi connectivity index (χ0v) is 17.0. The van der Waals surface area contributed by atoms with E-state index in [0.717, 1.165) is 10.6 Å².